The molecule has 0 aliphatic carbocycles. The molecule has 0 atom stereocenters. The first-order valence-corrected chi connectivity index (χ1v) is 9.67. The zero-order chi connectivity index (χ0) is 18.7. The first kappa shape index (κ1) is 18.4. The molecule has 3 aromatic rings. The van der Waals surface area contributed by atoms with Crippen LogP contribution in [0.2, 0.25) is 0 Å². The Morgan fingerprint density at radius 1 is 1.08 bits per heavy atom. The minimum Gasteiger partial charge on any atom is -0.484 e. The SMILES string of the molecule is CC(C)c1ccc(OCC(=O)Nc2nc3c(C(C)C)cccc3s2)cc1. The number of hydrogen-bond donors (Lipinski definition) is 1. The highest BCUT2D eigenvalue weighted by molar-refractivity contribution is 7.22. The van der Waals surface area contributed by atoms with Gasteiger partial charge in [0.05, 0.1) is 10.2 Å². The number of aromatic nitrogens is 1. The number of carbonyl (C=O) groups is 1. The van der Waals surface area contributed by atoms with E-state index < -0.39 is 0 Å². The summed E-state index contributed by atoms with van der Waals surface area (Å²) in [4.78, 5) is 16.8. The molecule has 0 radical (unpaired) electrons. The number of ether oxygens (including phenoxy) is 1. The van der Waals surface area contributed by atoms with Crippen LogP contribution >= 0.6 is 11.3 Å². The maximum atomic E-state index is 12.2. The van der Waals surface area contributed by atoms with Gasteiger partial charge in [0, 0.05) is 0 Å². The van der Waals surface area contributed by atoms with Crippen molar-refractivity contribution in [1.82, 2.24) is 4.98 Å². The third-order valence-corrected chi connectivity index (χ3v) is 5.17. The van der Waals surface area contributed by atoms with Crippen molar-refractivity contribution in [3.05, 3.63) is 53.6 Å². The first-order valence-electron chi connectivity index (χ1n) is 8.86. The number of anilines is 1. The van der Waals surface area contributed by atoms with Crippen LogP contribution in [0.5, 0.6) is 5.75 Å². The van der Waals surface area contributed by atoms with Gasteiger partial charge in [0.1, 0.15) is 5.75 Å². The van der Waals surface area contributed by atoms with Gasteiger partial charge in [-0.3, -0.25) is 10.1 Å². The van der Waals surface area contributed by atoms with Gasteiger partial charge in [0.15, 0.2) is 11.7 Å². The van der Waals surface area contributed by atoms with Crippen LogP contribution in [0.1, 0.15) is 50.7 Å². The summed E-state index contributed by atoms with van der Waals surface area (Å²) in [7, 11) is 0. The number of nitrogens with one attached hydrogen (secondary N) is 1. The van der Waals surface area contributed by atoms with Crippen LogP contribution in [0, 0.1) is 0 Å². The van der Waals surface area contributed by atoms with E-state index in [0.717, 1.165) is 10.2 Å². The highest BCUT2D eigenvalue weighted by Gasteiger charge is 2.12. The van der Waals surface area contributed by atoms with Crippen molar-refractivity contribution in [1.29, 1.82) is 0 Å². The minimum absolute atomic E-state index is 0.0337. The summed E-state index contributed by atoms with van der Waals surface area (Å²) in [5.41, 5.74) is 3.41. The summed E-state index contributed by atoms with van der Waals surface area (Å²) in [6.45, 7) is 8.54. The van der Waals surface area contributed by atoms with Gasteiger partial charge in [-0.2, -0.15) is 0 Å². The Morgan fingerprint density at radius 3 is 2.46 bits per heavy atom. The smallest absolute Gasteiger partial charge is 0.264 e. The monoisotopic (exact) mass is 368 g/mol. The largest absolute Gasteiger partial charge is 0.484 e. The lowest BCUT2D eigenvalue weighted by Crippen LogP contribution is -2.20. The van der Waals surface area contributed by atoms with E-state index in [9.17, 15) is 4.79 Å². The van der Waals surface area contributed by atoms with Crippen LogP contribution in [-0.4, -0.2) is 17.5 Å². The Labute approximate surface area is 158 Å². The fraction of sp³-hybridized carbons (Fsp3) is 0.333. The van der Waals surface area contributed by atoms with E-state index in [1.54, 1.807) is 0 Å². The van der Waals surface area contributed by atoms with Crippen molar-refractivity contribution in [3.8, 4) is 5.75 Å². The van der Waals surface area contributed by atoms with Crippen molar-refractivity contribution in [3.63, 3.8) is 0 Å². The van der Waals surface area contributed by atoms with Crippen molar-refractivity contribution < 1.29 is 9.53 Å². The number of nitrogens with zero attached hydrogens (tertiary/aromatic N) is 1. The molecular weight excluding hydrogens is 344 g/mol. The third kappa shape index (κ3) is 4.22. The molecule has 136 valence electrons. The number of thiazole rings is 1. The summed E-state index contributed by atoms with van der Waals surface area (Å²) in [6, 6.07) is 14.0. The Balaban J connectivity index is 1.63. The number of benzene rings is 2. The van der Waals surface area contributed by atoms with E-state index in [1.807, 2.05) is 36.4 Å². The molecular formula is C21H24N2O2S. The lowest BCUT2D eigenvalue weighted by molar-refractivity contribution is -0.118. The van der Waals surface area contributed by atoms with E-state index in [0.29, 0.717) is 22.7 Å². The molecule has 0 saturated carbocycles. The first-order chi connectivity index (χ1) is 12.4. The molecule has 2 aromatic carbocycles. The average Bonchev–Trinajstić information content (AvgIpc) is 3.02. The second-order valence-electron chi connectivity index (χ2n) is 6.93. The Bertz CT molecular complexity index is 898. The standard InChI is InChI=1S/C21H24N2O2S/c1-13(2)15-8-10-16(11-9-15)25-12-19(24)22-21-23-20-17(14(3)4)6-5-7-18(20)26-21/h5-11,13-14H,12H2,1-4H3,(H,22,23,24). The highest BCUT2D eigenvalue weighted by atomic mass is 32.1. The molecule has 4 nitrogen and oxygen atoms in total. The Hall–Kier alpha value is -2.40. The quantitative estimate of drug-likeness (QED) is 0.619. The van der Waals surface area contributed by atoms with E-state index in [-0.39, 0.29) is 12.5 Å². The van der Waals surface area contributed by atoms with Gasteiger partial charge in [-0.15, -0.1) is 0 Å². The summed E-state index contributed by atoms with van der Waals surface area (Å²) >= 11 is 1.49. The van der Waals surface area contributed by atoms with Gasteiger partial charge in [-0.05, 0) is 41.2 Å². The molecule has 1 N–H and O–H groups in total. The zero-order valence-electron chi connectivity index (χ0n) is 15.6. The van der Waals surface area contributed by atoms with Crippen LogP contribution in [0.25, 0.3) is 10.2 Å². The fourth-order valence-corrected chi connectivity index (χ4v) is 3.66. The van der Waals surface area contributed by atoms with E-state index in [1.165, 1.54) is 22.5 Å². The number of rotatable bonds is 6. The maximum absolute atomic E-state index is 12.2. The van der Waals surface area contributed by atoms with Gasteiger partial charge < -0.3 is 4.74 Å². The summed E-state index contributed by atoms with van der Waals surface area (Å²) in [5.74, 6) is 1.35. The second kappa shape index (κ2) is 7.87. The predicted octanol–water partition coefficient (Wildman–Crippen LogP) is 5.56. The molecule has 1 aromatic heterocycles. The Morgan fingerprint density at radius 2 is 1.81 bits per heavy atom. The lowest BCUT2D eigenvalue weighted by atomic mass is 10.0. The Kier molecular flexibility index (Phi) is 5.57. The molecule has 3 rings (SSSR count). The topological polar surface area (TPSA) is 51.2 Å². The molecule has 0 aliphatic heterocycles. The van der Waals surface area contributed by atoms with E-state index >= 15 is 0 Å². The highest BCUT2D eigenvalue weighted by Crippen LogP contribution is 2.31. The molecule has 26 heavy (non-hydrogen) atoms. The van der Waals surface area contributed by atoms with Crippen molar-refractivity contribution in [2.24, 2.45) is 0 Å². The number of amides is 1. The van der Waals surface area contributed by atoms with Gasteiger partial charge in [0.25, 0.3) is 5.91 Å². The summed E-state index contributed by atoms with van der Waals surface area (Å²) < 4.78 is 6.66. The van der Waals surface area contributed by atoms with Crippen molar-refractivity contribution in [2.75, 3.05) is 11.9 Å². The number of para-hydroxylation sites is 1. The van der Waals surface area contributed by atoms with Crippen LogP contribution in [-0.2, 0) is 4.79 Å². The van der Waals surface area contributed by atoms with Gasteiger partial charge in [-0.1, -0.05) is 63.3 Å². The zero-order valence-corrected chi connectivity index (χ0v) is 16.4. The van der Waals surface area contributed by atoms with Crippen LogP contribution < -0.4 is 10.1 Å². The molecule has 1 heterocycles. The molecule has 0 unspecified atom stereocenters. The molecule has 1 amide bonds. The maximum Gasteiger partial charge on any atom is 0.264 e. The summed E-state index contributed by atoms with van der Waals surface area (Å²) in [6.07, 6.45) is 0. The third-order valence-electron chi connectivity index (χ3n) is 4.24. The average molecular weight is 369 g/mol. The lowest BCUT2D eigenvalue weighted by Gasteiger charge is -2.08. The van der Waals surface area contributed by atoms with Crippen LogP contribution in [0.15, 0.2) is 42.5 Å². The molecule has 5 heteroatoms. The van der Waals surface area contributed by atoms with Crippen LogP contribution in [0.4, 0.5) is 5.13 Å². The van der Waals surface area contributed by atoms with Crippen molar-refractivity contribution in [2.45, 2.75) is 39.5 Å². The molecule has 0 bridgehead atoms. The molecule has 0 spiro atoms. The van der Waals surface area contributed by atoms with E-state index in [2.05, 4.69) is 44.1 Å². The van der Waals surface area contributed by atoms with Crippen LogP contribution in [0.3, 0.4) is 0 Å². The molecule has 0 saturated heterocycles. The number of fused-ring (bicyclic) bond motifs is 1. The minimum atomic E-state index is -0.205. The number of hydrogen-bond acceptors (Lipinski definition) is 4. The van der Waals surface area contributed by atoms with Crippen molar-refractivity contribution >= 4 is 32.6 Å². The predicted molar refractivity (Wildman–Crippen MR) is 108 cm³/mol. The van der Waals surface area contributed by atoms with Gasteiger partial charge in [-0.25, -0.2) is 4.98 Å². The second-order valence-corrected chi connectivity index (χ2v) is 7.96. The molecule has 0 aliphatic rings. The van der Waals surface area contributed by atoms with E-state index in [4.69, 9.17) is 4.74 Å². The summed E-state index contributed by atoms with van der Waals surface area (Å²) in [5, 5.41) is 3.45. The molecule has 0 fully saturated rings. The normalized spacial score (nSPS) is 11.3. The van der Waals surface area contributed by atoms with Gasteiger partial charge in [0.2, 0.25) is 0 Å². The number of carbonyl (C=O) groups excluding carboxylic acids is 1. The van der Waals surface area contributed by atoms with Gasteiger partial charge >= 0.3 is 0 Å². The fourth-order valence-electron chi connectivity index (χ4n) is 2.74.